The van der Waals surface area contributed by atoms with Gasteiger partial charge in [0.25, 0.3) is 0 Å². The van der Waals surface area contributed by atoms with Crippen LogP contribution < -0.4 is 15.4 Å². The van der Waals surface area contributed by atoms with Crippen LogP contribution in [0.2, 0.25) is 0 Å². The summed E-state index contributed by atoms with van der Waals surface area (Å²) in [4.78, 5) is 8.36. The molecule has 1 heterocycles. The van der Waals surface area contributed by atoms with Crippen LogP contribution in [0.3, 0.4) is 0 Å². The van der Waals surface area contributed by atoms with E-state index in [1.807, 2.05) is 0 Å². The van der Waals surface area contributed by atoms with E-state index in [1.54, 1.807) is 20.4 Å². The van der Waals surface area contributed by atoms with E-state index in [0.717, 1.165) is 19.3 Å². The summed E-state index contributed by atoms with van der Waals surface area (Å²) in [5.41, 5.74) is 0. The zero-order valence-electron chi connectivity index (χ0n) is 11.2. The van der Waals surface area contributed by atoms with Crippen LogP contribution in [-0.2, 0) is 0 Å². The molecule has 1 aromatic heterocycles. The minimum absolute atomic E-state index is 0.0153. The number of anilines is 2. The first-order valence-corrected chi connectivity index (χ1v) is 6.21. The fourth-order valence-corrected chi connectivity index (χ4v) is 1.60. The van der Waals surface area contributed by atoms with Gasteiger partial charge >= 0.3 is 0 Å². The first-order valence-electron chi connectivity index (χ1n) is 6.21. The van der Waals surface area contributed by atoms with Crippen molar-refractivity contribution in [2.24, 2.45) is 0 Å². The fraction of sp³-hybridized carbons (Fsp3) is 0.667. The number of rotatable bonds is 8. The average Bonchev–Trinajstić information content (AvgIpc) is 2.43. The van der Waals surface area contributed by atoms with Gasteiger partial charge in [0.2, 0.25) is 5.95 Å². The van der Waals surface area contributed by atoms with Crippen LogP contribution in [0, 0.1) is 0 Å². The predicted molar refractivity (Wildman–Crippen MR) is 72.2 cm³/mol. The standard InChI is InChI=1S/C12H22N4O2/c1-4-5-6-9(8-17)15-11-10(18-3)7-14-12(13-2)16-11/h7,9,17H,4-6,8H2,1-3H3,(H2,13,14,15,16). The van der Waals surface area contributed by atoms with Gasteiger partial charge in [-0.25, -0.2) is 4.98 Å². The van der Waals surface area contributed by atoms with Gasteiger partial charge < -0.3 is 20.5 Å². The molecule has 0 aliphatic heterocycles. The van der Waals surface area contributed by atoms with Crippen LogP contribution in [0.5, 0.6) is 5.75 Å². The largest absolute Gasteiger partial charge is 0.491 e. The topological polar surface area (TPSA) is 79.3 Å². The van der Waals surface area contributed by atoms with Crippen molar-refractivity contribution in [3.63, 3.8) is 0 Å². The Morgan fingerprint density at radius 2 is 2.28 bits per heavy atom. The first-order chi connectivity index (χ1) is 8.74. The van der Waals surface area contributed by atoms with Crippen LogP contribution in [0.25, 0.3) is 0 Å². The lowest BCUT2D eigenvalue weighted by atomic mass is 10.1. The molecule has 6 nitrogen and oxygen atoms in total. The van der Waals surface area contributed by atoms with Crippen molar-refractivity contribution >= 4 is 11.8 Å². The number of unbranched alkanes of at least 4 members (excludes halogenated alkanes) is 1. The number of nitrogens with zero attached hydrogens (tertiary/aromatic N) is 2. The number of aromatic nitrogens is 2. The second kappa shape index (κ2) is 7.71. The van der Waals surface area contributed by atoms with Crippen LogP contribution in [-0.4, -0.2) is 41.9 Å². The van der Waals surface area contributed by atoms with E-state index in [9.17, 15) is 5.11 Å². The number of aliphatic hydroxyl groups is 1. The molecule has 1 unspecified atom stereocenters. The summed E-state index contributed by atoms with van der Waals surface area (Å²) in [5, 5.41) is 15.4. The monoisotopic (exact) mass is 254 g/mol. The molecule has 0 fully saturated rings. The van der Waals surface area contributed by atoms with Gasteiger partial charge in [0.1, 0.15) is 0 Å². The Balaban J connectivity index is 2.78. The number of nitrogens with one attached hydrogen (secondary N) is 2. The molecular formula is C12H22N4O2. The van der Waals surface area contributed by atoms with Crippen molar-refractivity contribution in [2.45, 2.75) is 32.2 Å². The Morgan fingerprint density at radius 3 is 2.83 bits per heavy atom. The lowest BCUT2D eigenvalue weighted by Gasteiger charge is -2.18. The van der Waals surface area contributed by atoms with Crippen molar-refractivity contribution in [2.75, 3.05) is 31.4 Å². The summed E-state index contributed by atoms with van der Waals surface area (Å²) in [7, 11) is 3.33. The van der Waals surface area contributed by atoms with Gasteiger partial charge in [0.05, 0.1) is 26.0 Å². The second-order valence-electron chi connectivity index (χ2n) is 4.03. The zero-order valence-corrected chi connectivity index (χ0v) is 11.2. The molecule has 0 amide bonds. The van der Waals surface area contributed by atoms with Crippen LogP contribution in [0.4, 0.5) is 11.8 Å². The van der Waals surface area contributed by atoms with Gasteiger partial charge in [-0.15, -0.1) is 0 Å². The highest BCUT2D eigenvalue weighted by molar-refractivity contribution is 5.52. The summed E-state index contributed by atoms with van der Waals surface area (Å²) in [6.07, 6.45) is 4.66. The lowest BCUT2D eigenvalue weighted by Crippen LogP contribution is -2.24. The molecule has 0 bridgehead atoms. The SMILES string of the molecule is CCCCC(CO)Nc1nc(NC)ncc1OC. The lowest BCUT2D eigenvalue weighted by molar-refractivity contribution is 0.266. The predicted octanol–water partition coefficient (Wildman–Crippen LogP) is 1.49. The quantitative estimate of drug-likeness (QED) is 0.652. The number of methoxy groups -OCH3 is 1. The highest BCUT2D eigenvalue weighted by Gasteiger charge is 2.12. The van der Waals surface area contributed by atoms with E-state index in [-0.39, 0.29) is 12.6 Å². The first kappa shape index (κ1) is 14.5. The molecule has 102 valence electrons. The molecule has 1 rings (SSSR count). The van der Waals surface area contributed by atoms with E-state index < -0.39 is 0 Å². The van der Waals surface area contributed by atoms with Gasteiger partial charge in [-0.05, 0) is 6.42 Å². The van der Waals surface area contributed by atoms with Gasteiger partial charge in [0, 0.05) is 7.05 Å². The maximum atomic E-state index is 9.34. The number of hydrogen-bond donors (Lipinski definition) is 3. The molecule has 0 spiro atoms. The molecule has 0 aliphatic carbocycles. The molecule has 0 saturated carbocycles. The Labute approximate surface area is 108 Å². The summed E-state index contributed by atoms with van der Waals surface area (Å²) in [6, 6.07) is -0.0153. The molecule has 1 aromatic rings. The number of ether oxygens (including phenoxy) is 1. The summed E-state index contributed by atoms with van der Waals surface area (Å²) in [6.45, 7) is 2.20. The molecule has 0 saturated heterocycles. The molecule has 0 aliphatic rings. The van der Waals surface area contributed by atoms with Crippen molar-refractivity contribution in [1.29, 1.82) is 0 Å². The summed E-state index contributed by atoms with van der Waals surface area (Å²) >= 11 is 0. The molecular weight excluding hydrogens is 232 g/mol. The van der Waals surface area contributed by atoms with Crippen molar-refractivity contribution in [3.05, 3.63) is 6.20 Å². The molecule has 18 heavy (non-hydrogen) atoms. The Hall–Kier alpha value is -1.56. The third kappa shape index (κ3) is 4.03. The minimum Gasteiger partial charge on any atom is -0.491 e. The maximum absolute atomic E-state index is 9.34. The maximum Gasteiger partial charge on any atom is 0.224 e. The molecule has 3 N–H and O–H groups in total. The van der Waals surface area contributed by atoms with Crippen molar-refractivity contribution < 1.29 is 9.84 Å². The Morgan fingerprint density at radius 1 is 1.50 bits per heavy atom. The molecule has 1 atom stereocenters. The van der Waals surface area contributed by atoms with Crippen LogP contribution in [0.1, 0.15) is 26.2 Å². The normalized spacial score (nSPS) is 12.0. The van der Waals surface area contributed by atoms with Gasteiger partial charge in [-0.1, -0.05) is 19.8 Å². The Bertz CT molecular complexity index is 360. The third-order valence-electron chi connectivity index (χ3n) is 2.67. The van der Waals surface area contributed by atoms with Crippen LogP contribution in [0.15, 0.2) is 6.20 Å². The minimum atomic E-state index is -0.0153. The number of aliphatic hydroxyl groups excluding tert-OH is 1. The molecule has 6 heteroatoms. The van der Waals surface area contributed by atoms with E-state index in [2.05, 4.69) is 27.5 Å². The summed E-state index contributed by atoms with van der Waals surface area (Å²) in [5.74, 6) is 1.70. The summed E-state index contributed by atoms with van der Waals surface area (Å²) < 4.78 is 5.20. The van der Waals surface area contributed by atoms with Crippen LogP contribution >= 0.6 is 0 Å². The Kier molecular flexibility index (Phi) is 6.21. The highest BCUT2D eigenvalue weighted by atomic mass is 16.5. The third-order valence-corrected chi connectivity index (χ3v) is 2.67. The van der Waals surface area contributed by atoms with E-state index >= 15 is 0 Å². The van der Waals surface area contributed by atoms with Gasteiger partial charge in [-0.2, -0.15) is 4.98 Å². The zero-order chi connectivity index (χ0) is 13.4. The number of hydrogen-bond acceptors (Lipinski definition) is 6. The van der Waals surface area contributed by atoms with Crippen molar-refractivity contribution in [3.8, 4) is 5.75 Å². The second-order valence-corrected chi connectivity index (χ2v) is 4.03. The highest BCUT2D eigenvalue weighted by Crippen LogP contribution is 2.23. The fourth-order valence-electron chi connectivity index (χ4n) is 1.60. The van der Waals surface area contributed by atoms with Gasteiger partial charge in [-0.3, -0.25) is 0 Å². The van der Waals surface area contributed by atoms with E-state index in [1.165, 1.54) is 0 Å². The van der Waals surface area contributed by atoms with Crippen molar-refractivity contribution in [1.82, 2.24) is 9.97 Å². The smallest absolute Gasteiger partial charge is 0.224 e. The van der Waals surface area contributed by atoms with Gasteiger partial charge in [0.15, 0.2) is 11.6 Å². The molecule has 0 radical (unpaired) electrons. The average molecular weight is 254 g/mol. The molecule has 0 aromatic carbocycles. The van der Waals surface area contributed by atoms with E-state index in [4.69, 9.17) is 4.74 Å². The van der Waals surface area contributed by atoms with E-state index in [0.29, 0.717) is 17.5 Å².